The first-order valence-corrected chi connectivity index (χ1v) is 16.7. The molecule has 46 heavy (non-hydrogen) atoms. The van der Waals surface area contributed by atoms with Crippen LogP contribution in [0.25, 0.3) is 0 Å². The van der Waals surface area contributed by atoms with E-state index in [1.54, 1.807) is 24.3 Å². The monoisotopic (exact) mass is 665 g/mol. The number of amides is 2. The average molecular weight is 666 g/mol. The van der Waals surface area contributed by atoms with Gasteiger partial charge in [-0.3, -0.25) is 13.9 Å². The number of benzene rings is 4. The zero-order valence-electron chi connectivity index (χ0n) is 25.7. The number of carbonyl (C=O) groups excluding carboxylic acids is 2. The van der Waals surface area contributed by atoms with E-state index in [0.29, 0.717) is 22.9 Å². The zero-order chi connectivity index (χ0) is 33.1. The van der Waals surface area contributed by atoms with Gasteiger partial charge in [0.1, 0.15) is 24.2 Å². The van der Waals surface area contributed by atoms with Crippen LogP contribution in [0.1, 0.15) is 30.9 Å². The summed E-state index contributed by atoms with van der Waals surface area (Å²) in [5, 5.41) is 3.34. The van der Waals surface area contributed by atoms with Crippen molar-refractivity contribution in [3.8, 4) is 5.75 Å². The molecule has 0 aromatic heterocycles. The van der Waals surface area contributed by atoms with Crippen LogP contribution in [0.4, 0.5) is 10.1 Å². The van der Waals surface area contributed by atoms with E-state index in [2.05, 4.69) is 5.32 Å². The van der Waals surface area contributed by atoms with Crippen LogP contribution in [0, 0.1) is 5.82 Å². The number of nitrogens with one attached hydrogen (secondary N) is 1. The number of nitrogens with zero attached hydrogens (tertiary/aromatic N) is 2. The molecule has 4 rings (SSSR count). The standard InChI is InChI=1S/C35H37ClFN3O5S/c1-3-4-22-38-35(42)33(23-26-10-6-5-7-11-26)39(24-27-12-8-9-13-32(27)36)34(41)25-40(29-16-14-28(37)15-17-29)46(43,44)31-20-18-30(45-2)19-21-31/h5-21,33H,3-4,22-25H2,1-2H3,(H,38,42)/t33-/m0/s1. The number of carbonyl (C=O) groups is 2. The number of halogens is 2. The van der Waals surface area contributed by atoms with Crippen LogP contribution in [0.5, 0.6) is 5.75 Å². The van der Waals surface area contributed by atoms with Crippen molar-refractivity contribution in [1.82, 2.24) is 10.2 Å². The van der Waals surface area contributed by atoms with E-state index in [0.717, 1.165) is 34.8 Å². The molecule has 0 radical (unpaired) electrons. The Hall–Kier alpha value is -4.41. The Bertz CT molecular complexity index is 1700. The van der Waals surface area contributed by atoms with E-state index >= 15 is 0 Å². The summed E-state index contributed by atoms with van der Waals surface area (Å²) in [5.41, 5.74) is 1.48. The molecule has 8 nitrogen and oxygen atoms in total. The first-order chi connectivity index (χ1) is 22.1. The predicted octanol–water partition coefficient (Wildman–Crippen LogP) is 6.24. The van der Waals surface area contributed by atoms with Crippen molar-refractivity contribution in [3.05, 3.63) is 125 Å². The van der Waals surface area contributed by atoms with E-state index < -0.39 is 34.3 Å². The molecule has 242 valence electrons. The van der Waals surface area contributed by atoms with Gasteiger partial charge in [-0.25, -0.2) is 12.8 Å². The van der Waals surface area contributed by atoms with Crippen LogP contribution in [0.3, 0.4) is 0 Å². The van der Waals surface area contributed by atoms with Crippen molar-refractivity contribution in [1.29, 1.82) is 0 Å². The summed E-state index contributed by atoms with van der Waals surface area (Å²) in [6.07, 6.45) is 1.79. The predicted molar refractivity (Wildman–Crippen MR) is 178 cm³/mol. The van der Waals surface area contributed by atoms with Gasteiger partial charge >= 0.3 is 0 Å². The smallest absolute Gasteiger partial charge is 0.264 e. The second kappa shape index (κ2) is 16.2. The van der Waals surface area contributed by atoms with Gasteiger partial charge in [0.2, 0.25) is 11.8 Å². The summed E-state index contributed by atoms with van der Waals surface area (Å²) in [4.78, 5) is 29.5. The Labute approximate surface area is 274 Å². The van der Waals surface area contributed by atoms with Gasteiger partial charge in [0.25, 0.3) is 10.0 Å². The van der Waals surface area contributed by atoms with Crippen molar-refractivity contribution in [2.45, 2.75) is 43.7 Å². The molecule has 0 fully saturated rings. The topological polar surface area (TPSA) is 96.0 Å². The minimum atomic E-state index is -4.34. The molecule has 2 amide bonds. The first kappa shape index (κ1) is 34.5. The fraction of sp³-hybridized carbons (Fsp3) is 0.257. The lowest BCUT2D eigenvalue weighted by Gasteiger charge is -2.34. The van der Waals surface area contributed by atoms with E-state index in [1.807, 2.05) is 37.3 Å². The lowest BCUT2D eigenvalue weighted by molar-refractivity contribution is -0.140. The summed E-state index contributed by atoms with van der Waals surface area (Å²) in [6, 6.07) is 25.8. The average Bonchev–Trinajstić information content (AvgIpc) is 3.07. The third-order valence-corrected chi connectivity index (χ3v) is 9.60. The molecule has 0 saturated heterocycles. The maximum absolute atomic E-state index is 14.5. The molecule has 0 aliphatic rings. The molecule has 0 bridgehead atoms. The number of sulfonamides is 1. The van der Waals surface area contributed by atoms with Gasteiger partial charge in [-0.15, -0.1) is 0 Å². The van der Waals surface area contributed by atoms with Crippen LogP contribution < -0.4 is 14.4 Å². The Morgan fingerprint density at radius 3 is 2.20 bits per heavy atom. The van der Waals surface area contributed by atoms with E-state index in [-0.39, 0.29) is 29.5 Å². The molecule has 1 N–H and O–H groups in total. The van der Waals surface area contributed by atoms with Crippen molar-refractivity contribution in [3.63, 3.8) is 0 Å². The number of anilines is 1. The highest BCUT2D eigenvalue weighted by atomic mass is 35.5. The van der Waals surface area contributed by atoms with E-state index in [1.165, 1.54) is 48.4 Å². The highest BCUT2D eigenvalue weighted by molar-refractivity contribution is 7.92. The van der Waals surface area contributed by atoms with Gasteiger partial charge in [-0.2, -0.15) is 0 Å². The number of rotatable bonds is 15. The molecule has 0 heterocycles. The largest absolute Gasteiger partial charge is 0.497 e. The van der Waals surface area contributed by atoms with E-state index in [9.17, 15) is 22.4 Å². The molecule has 1 atom stereocenters. The van der Waals surface area contributed by atoms with Gasteiger partial charge in [0.05, 0.1) is 17.7 Å². The van der Waals surface area contributed by atoms with Crippen LogP contribution in [-0.2, 0) is 32.6 Å². The molecule has 11 heteroatoms. The second-order valence-corrected chi connectivity index (χ2v) is 12.9. The minimum Gasteiger partial charge on any atom is -0.497 e. The molecule has 0 saturated carbocycles. The van der Waals surface area contributed by atoms with Crippen molar-refractivity contribution in [2.24, 2.45) is 0 Å². The first-order valence-electron chi connectivity index (χ1n) is 14.9. The van der Waals surface area contributed by atoms with Crippen LogP contribution in [-0.4, -0.2) is 51.4 Å². The van der Waals surface area contributed by atoms with Crippen molar-refractivity contribution in [2.75, 3.05) is 24.5 Å². The number of ether oxygens (including phenoxy) is 1. The summed E-state index contributed by atoms with van der Waals surface area (Å²) in [7, 11) is -2.88. The Morgan fingerprint density at radius 1 is 0.913 bits per heavy atom. The summed E-state index contributed by atoms with van der Waals surface area (Å²) in [6.45, 7) is 1.70. The highest BCUT2D eigenvalue weighted by Crippen LogP contribution is 2.27. The van der Waals surface area contributed by atoms with Crippen molar-refractivity contribution < 1.29 is 27.1 Å². The summed E-state index contributed by atoms with van der Waals surface area (Å²) < 4.78 is 48.2. The third kappa shape index (κ3) is 8.86. The number of hydrogen-bond donors (Lipinski definition) is 1. The zero-order valence-corrected chi connectivity index (χ0v) is 27.3. The summed E-state index contributed by atoms with van der Waals surface area (Å²) >= 11 is 6.52. The van der Waals surface area contributed by atoms with Crippen LogP contribution >= 0.6 is 11.6 Å². The van der Waals surface area contributed by atoms with Gasteiger partial charge in [-0.05, 0) is 72.1 Å². The van der Waals surface area contributed by atoms with Crippen LogP contribution in [0.2, 0.25) is 5.02 Å². The van der Waals surface area contributed by atoms with Crippen molar-refractivity contribution >= 4 is 39.1 Å². The maximum atomic E-state index is 14.5. The van der Waals surface area contributed by atoms with E-state index in [4.69, 9.17) is 16.3 Å². The SMILES string of the molecule is CCCCNC(=O)[C@H](Cc1ccccc1)N(Cc1ccccc1Cl)C(=O)CN(c1ccc(F)cc1)S(=O)(=O)c1ccc(OC)cc1. The fourth-order valence-electron chi connectivity index (χ4n) is 4.88. The number of unbranched alkanes of at least 4 members (excludes halogenated alkanes) is 1. The Balaban J connectivity index is 1.79. The molecule has 0 aliphatic heterocycles. The van der Waals surface area contributed by atoms with Gasteiger partial charge in [0, 0.05) is 24.5 Å². The lowest BCUT2D eigenvalue weighted by Crippen LogP contribution is -2.53. The molecule has 4 aromatic rings. The molecule has 0 spiro atoms. The lowest BCUT2D eigenvalue weighted by atomic mass is 10.0. The molecule has 0 aliphatic carbocycles. The quantitative estimate of drug-likeness (QED) is 0.152. The highest BCUT2D eigenvalue weighted by Gasteiger charge is 2.35. The van der Waals surface area contributed by atoms with Gasteiger partial charge < -0.3 is 15.0 Å². The number of methoxy groups -OCH3 is 1. The molecular weight excluding hydrogens is 629 g/mol. The maximum Gasteiger partial charge on any atom is 0.264 e. The fourth-order valence-corrected chi connectivity index (χ4v) is 6.49. The van der Waals surface area contributed by atoms with Gasteiger partial charge in [-0.1, -0.05) is 73.5 Å². The number of hydrogen-bond acceptors (Lipinski definition) is 5. The normalized spacial score (nSPS) is 11.8. The summed E-state index contributed by atoms with van der Waals surface area (Å²) in [5.74, 6) is -1.13. The Kier molecular flexibility index (Phi) is 12.2. The minimum absolute atomic E-state index is 0.0585. The molecule has 0 unspecified atom stereocenters. The van der Waals surface area contributed by atoms with Crippen LogP contribution in [0.15, 0.2) is 108 Å². The van der Waals surface area contributed by atoms with Gasteiger partial charge in [0.15, 0.2) is 0 Å². The molecular formula is C35H37ClFN3O5S. The molecule has 4 aromatic carbocycles. The third-order valence-electron chi connectivity index (χ3n) is 7.44. The Morgan fingerprint density at radius 2 is 1.57 bits per heavy atom. The second-order valence-electron chi connectivity index (χ2n) is 10.6.